The number of carbonyl (C=O) groups is 2. The summed E-state index contributed by atoms with van der Waals surface area (Å²) in [7, 11) is 0. The van der Waals surface area contributed by atoms with E-state index in [1.54, 1.807) is 24.3 Å². The van der Waals surface area contributed by atoms with E-state index < -0.39 is 24.3 Å². The standard InChI is InChI=1S/C15H10Cl2FNO3/c16-11-6-5-9(18)7-10(11)15(21)22-8-14(20)19-13-4-2-1-3-12(13)17/h1-7H,8H2,(H,19,20). The zero-order chi connectivity index (χ0) is 16.1. The van der Waals surface area contributed by atoms with Crippen LogP contribution in [0.25, 0.3) is 0 Å². The van der Waals surface area contributed by atoms with Crippen LogP contribution in [-0.2, 0) is 9.53 Å². The molecule has 0 saturated carbocycles. The van der Waals surface area contributed by atoms with Crippen molar-refractivity contribution >= 4 is 40.8 Å². The van der Waals surface area contributed by atoms with Crippen molar-refractivity contribution in [3.8, 4) is 0 Å². The minimum Gasteiger partial charge on any atom is -0.452 e. The third-order valence-electron chi connectivity index (χ3n) is 2.63. The molecule has 0 aliphatic carbocycles. The van der Waals surface area contributed by atoms with Crippen LogP contribution < -0.4 is 5.32 Å². The molecule has 0 fully saturated rings. The number of para-hydroxylation sites is 1. The predicted molar refractivity (Wildman–Crippen MR) is 81.8 cm³/mol. The SMILES string of the molecule is O=C(COC(=O)c1cc(F)ccc1Cl)Nc1ccccc1Cl. The Bertz CT molecular complexity index is 722. The average molecular weight is 342 g/mol. The molecule has 22 heavy (non-hydrogen) atoms. The topological polar surface area (TPSA) is 55.4 Å². The van der Waals surface area contributed by atoms with E-state index in [0.29, 0.717) is 10.7 Å². The Morgan fingerprint density at radius 2 is 1.82 bits per heavy atom. The molecule has 2 aromatic carbocycles. The Balaban J connectivity index is 1.95. The first-order valence-electron chi connectivity index (χ1n) is 6.14. The second kappa shape index (κ2) is 7.24. The molecule has 0 aliphatic heterocycles. The molecular weight excluding hydrogens is 332 g/mol. The van der Waals surface area contributed by atoms with Crippen molar-refractivity contribution in [2.45, 2.75) is 0 Å². The van der Waals surface area contributed by atoms with Gasteiger partial charge in [0, 0.05) is 0 Å². The van der Waals surface area contributed by atoms with E-state index in [1.165, 1.54) is 6.07 Å². The van der Waals surface area contributed by atoms with Crippen molar-refractivity contribution in [2.24, 2.45) is 0 Å². The fourth-order valence-electron chi connectivity index (χ4n) is 1.61. The van der Waals surface area contributed by atoms with E-state index in [4.69, 9.17) is 27.9 Å². The lowest BCUT2D eigenvalue weighted by atomic mass is 10.2. The summed E-state index contributed by atoms with van der Waals surface area (Å²) in [5, 5.41) is 2.88. The molecule has 2 rings (SSSR count). The molecule has 4 nitrogen and oxygen atoms in total. The van der Waals surface area contributed by atoms with Gasteiger partial charge in [0.15, 0.2) is 6.61 Å². The number of carbonyl (C=O) groups excluding carboxylic acids is 2. The first-order valence-corrected chi connectivity index (χ1v) is 6.89. The Kier molecular flexibility index (Phi) is 5.35. The smallest absolute Gasteiger partial charge is 0.340 e. The van der Waals surface area contributed by atoms with Crippen LogP contribution in [0.1, 0.15) is 10.4 Å². The van der Waals surface area contributed by atoms with Crippen molar-refractivity contribution in [1.82, 2.24) is 0 Å². The lowest BCUT2D eigenvalue weighted by Gasteiger charge is -2.08. The van der Waals surface area contributed by atoms with Crippen LogP contribution in [0, 0.1) is 5.82 Å². The number of anilines is 1. The van der Waals surface area contributed by atoms with Crippen LogP contribution in [-0.4, -0.2) is 18.5 Å². The summed E-state index contributed by atoms with van der Waals surface area (Å²) < 4.78 is 17.9. The third-order valence-corrected chi connectivity index (χ3v) is 3.29. The number of esters is 1. The maximum atomic E-state index is 13.1. The van der Waals surface area contributed by atoms with Gasteiger partial charge in [0.05, 0.1) is 21.3 Å². The van der Waals surface area contributed by atoms with Crippen molar-refractivity contribution in [2.75, 3.05) is 11.9 Å². The Morgan fingerprint density at radius 3 is 2.55 bits per heavy atom. The number of ether oxygens (including phenoxy) is 1. The first-order chi connectivity index (χ1) is 10.5. The van der Waals surface area contributed by atoms with E-state index in [1.807, 2.05) is 0 Å². The second-order valence-electron chi connectivity index (χ2n) is 4.23. The molecule has 0 heterocycles. The maximum absolute atomic E-state index is 13.1. The van der Waals surface area contributed by atoms with Crippen molar-refractivity contribution < 1.29 is 18.7 Å². The number of hydrogen-bond acceptors (Lipinski definition) is 3. The molecule has 0 saturated heterocycles. The van der Waals surface area contributed by atoms with Gasteiger partial charge >= 0.3 is 5.97 Å². The average Bonchev–Trinajstić information content (AvgIpc) is 2.49. The molecule has 0 unspecified atom stereocenters. The molecule has 2 aromatic rings. The molecule has 7 heteroatoms. The van der Waals surface area contributed by atoms with Crippen LogP contribution in [0.2, 0.25) is 10.0 Å². The van der Waals surface area contributed by atoms with Crippen LogP contribution in [0.4, 0.5) is 10.1 Å². The summed E-state index contributed by atoms with van der Waals surface area (Å²) in [6.07, 6.45) is 0. The summed E-state index contributed by atoms with van der Waals surface area (Å²) in [6, 6.07) is 9.91. The quantitative estimate of drug-likeness (QED) is 0.857. The molecular formula is C15H10Cl2FNO3. The highest BCUT2D eigenvalue weighted by Crippen LogP contribution is 2.20. The highest BCUT2D eigenvalue weighted by Gasteiger charge is 2.15. The summed E-state index contributed by atoms with van der Waals surface area (Å²) in [5.74, 6) is -2.09. The number of nitrogens with one attached hydrogen (secondary N) is 1. The maximum Gasteiger partial charge on any atom is 0.340 e. The van der Waals surface area contributed by atoms with Gasteiger partial charge in [-0.3, -0.25) is 4.79 Å². The molecule has 0 atom stereocenters. The normalized spacial score (nSPS) is 10.1. The lowest BCUT2D eigenvalue weighted by Crippen LogP contribution is -2.21. The zero-order valence-corrected chi connectivity index (χ0v) is 12.6. The molecule has 114 valence electrons. The summed E-state index contributed by atoms with van der Waals surface area (Å²) in [5.41, 5.74) is 0.251. The van der Waals surface area contributed by atoms with Gasteiger partial charge in [0.1, 0.15) is 5.82 Å². The minimum absolute atomic E-state index is 0.0397. The molecule has 1 amide bonds. The number of amides is 1. The summed E-state index contributed by atoms with van der Waals surface area (Å²) >= 11 is 11.7. The zero-order valence-electron chi connectivity index (χ0n) is 11.1. The van der Waals surface area contributed by atoms with E-state index in [9.17, 15) is 14.0 Å². The van der Waals surface area contributed by atoms with Gasteiger partial charge in [-0.2, -0.15) is 0 Å². The largest absolute Gasteiger partial charge is 0.452 e. The second-order valence-corrected chi connectivity index (χ2v) is 5.04. The van der Waals surface area contributed by atoms with Crippen molar-refractivity contribution in [1.29, 1.82) is 0 Å². The lowest BCUT2D eigenvalue weighted by molar-refractivity contribution is -0.119. The fraction of sp³-hybridized carbons (Fsp3) is 0.0667. The molecule has 0 radical (unpaired) electrons. The van der Waals surface area contributed by atoms with Gasteiger partial charge < -0.3 is 10.1 Å². The van der Waals surface area contributed by atoms with Crippen LogP contribution in [0.5, 0.6) is 0 Å². The molecule has 0 bridgehead atoms. The predicted octanol–water partition coefficient (Wildman–Crippen LogP) is 3.93. The van der Waals surface area contributed by atoms with Crippen molar-refractivity contribution in [3.05, 3.63) is 63.9 Å². The van der Waals surface area contributed by atoms with Gasteiger partial charge in [0.25, 0.3) is 5.91 Å². The highest BCUT2D eigenvalue weighted by molar-refractivity contribution is 6.34. The number of halogens is 3. The highest BCUT2D eigenvalue weighted by atomic mass is 35.5. The fourth-order valence-corrected chi connectivity index (χ4v) is 1.99. The molecule has 0 aliphatic rings. The van der Waals surface area contributed by atoms with E-state index >= 15 is 0 Å². The minimum atomic E-state index is -0.890. The van der Waals surface area contributed by atoms with E-state index in [0.717, 1.165) is 12.1 Å². The molecule has 0 aromatic heterocycles. The van der Waals surface area contributed by atoms with Crippen LogP contribution in [0.15, 0.2) is 42.5 Å². The van der Waals surface area contributed by atoms with Gasteiger partial charge in [-0.1, -0.05) is 35.3 Å². The molecule has 0 spiro atoms. The van der Waals surface area contributed by atoms with Gasteiger partial charge in [-0.05, 0) is 30.3 Å². The summed E-state index contributed by atoms with van der Waals surface area (Å²) in [4.78, 5) is 23.5. The Labute approximate surface area is 135 Å². The third kappa shape index (κ3) is 4.19. The van der Waals surface area contributed by atoms with Crippen molar-refractivity contribution in [3.63, 3.8) is 0 Å². The van der Waals surface area contributed by atoms with Gasteiger partial charge in [-0.15, -0.1) is 0 Å². The van der Waals surface area contributed by atoms with Gasteiger partial charge in [0.2, 0.25) is 0 Å². The monoisotopic (exact) mass is 341 g/mol. The number of rotatable bonds is 4. The van der Waals surface area contributed by atoms with Crippen LogP contribution in [0.3, 0.4) is 0 Å². The van der Waals surface area contributed by atoms with Gasteiger partial charge in [-0.25, -0.2) is 9.18 Å². The summed E-state index contributed by atoms with van der Waals surface area (Å²) in [6.45, 7) is -0.545. The van der Waals surface area contributed by atoms with E-state index in [2.05, 4.69) is 5.32 Å². The number of benzene rings is 2. The van der Waals surface area contributed by atoms with E-state index in [-0.39, 0.29) is 10.6 Å². The first kappa shape index (κ1) is 16.3. The Morgan fingerprint density at radius 1 is 1.09 bits per heavy atom. The molecule has 1 N–H and O–H groups in total. The van der Waals surface area contributed by atoms with Crippen LogP contribution >= 0.6 is 23.2 Å². The Hall–Kier alpha value is -2.11. The number of hydrogen-bond donors (Lipinski definition) is 1.